The molecule has 2 heterocycles. The molecular formula is C17H17N3OS. The standard InChI is InChI=1S/C17H17N3OS/c1-4-20(3)17(21)13-5-7-14(18-10-13)12-6-8-16-15(9-12)19-11(2)22-16/h5-10H,4H2,1-3H3. The second-order valence-electron chi connectivity index (χ2n) is 5.17. The fraction of sp³-hybridized carbons (Fsp3) is 0.235. The molecule has 0 N–H and O–H groups in total. The summed E-state index contributed by atoms with van der Waals surface area (Å²) in [5.74, 6) is -0.00729. The molecule has 5 heteroatoms. The normalized spacial score (nSPS) is 10.9. The molecule has 0 saturated heterocycles. The number of pyridine rings is 1. The Morgan fingerprint density at radius 3 is 2.77 bits per heavy atom. The van der Waals surface area contributed by atoms with Crippen LogP contribution in [0.5, 0.6) is 0 Å². The SMILES string of the molecule is CCN(C)C(=O)c1ccc(-c2ccc3sc(C)nc3c2)nc1. The van der Waals surface area contributed by atoms with E-state index in [1.165, 1.54) is 4.70 Å². The first-order valence-corrected chi connectivity index (χ1v) is 7.99. The van der Waals surface area contributed by atoms with Gasteiger partial charge in [-0.25, -0.2) is 4.98 Å². The minimum Gasteiger partial charge on any atom is -0.342 e. The first kappa shape index (κ1) is 14.7. The lowest BCUT2D eigenvalue weighted by atomic mass is 10.1. The molecule has 0 saturated carbocycles. The number of amides is 1. The molecule has 0 bridgehead atoms. The summed E-state index contributed by atoms with van der Waals surface area (Å²) in [6, 6.07) is 9.87. The minimum atomic E-state index is -0.00729. The molecule has 4 nitrogen and oxygen atoms in total. The number of hydrogen-bond donors (Lipinski definition) is 0. The first-order valence-electron chi connectivity index (χ1n) is 7.17. The maximum Gasteiger partial charge on any atom is 0.255 e. The van der Waals surface area contributed by atoms with Crippen LogP contribution in [0.2, 0.25) is 0 Å². The molecule has 1 amide bonds. The van der Waals surface area contributed by atoms with Crippen LogP contribution in [0, 0.1) is 6.92 Å². The molecule has 0 aliphatic carbocycles. The quantitative estimate of drug-likeness (QED) is 0.740. The number of carbonyl (C=O) groups is 1. The lowest BCUT2D eigenvalue weighted by molar-refractivity contribution is 0.0802. The van der Waals surface area contributed by atoms with E-state index in [0.29, 0.717) is 12.1 Å². The van der Waals surface area contributed by atoms with Gasteiger partial charge in [-0.1, -0.05) is 6.07 Å². The van der Waals surface area contributed by atoms with Crippen molar-refractivity contribution >= 4 is 27.5 Å². The van der Waals surface area contributed by atoms with Gasteiger partial charge in [0.25, 0.3) is 5.91 Å². The van der Waals surface area contributed by atoms with Crippen LogP contribution in [0.25, 0.3) is 21.5 Å². The number of thiazole rings is 1. The molecule has 22 heavy (non-hydrogen) atoms. The molecule has 112 valence electrons. The van der Waals surface area contributed by atoms with Crippen molar-refractivity contribution in [3.63, 3.8) is 0 Å². The summed E-state index contributed by atoms with van der Waals surface area (Å²) in [7, 11) is 1.79. The van der Waals surface area contributed by atoms with Crippen molar-refractivity contribution in [3.05, 3.63) is 47.1 Å². The highest BCUT2D eigenvalue weighted by Gasteiger charge is 2.11. The van der Waals surface area contributed by atoms with Gasteiger partial charge in [0.05, 0.1) is 26.5 Å². The van der Waals surface area contributed by atoms with Crippen LogP contribution >= 0.6 is 11.3 Å². The lowest BCUT2D eigenvalue weighted by Crippen LogP contribution is -2.26. The topological polar surface area (TPSA) is 46.1 Å². The molecule has 3 rings (SSSR count). The third-order valence-corrected chi connectivity index (χ3v) is 4.57. The van der Waals surface area contributed by atoms with Crippen molar-refractivity contribution in [1.82, 2.24) is 14.9 Å². The average Bonchev–Trinajstić information content (AvgIpc) is 2.92. The van der Waals surface area contributed by atoms with E-state index >= 15 is 0 Å². The first-order chi connectivity index (χ1) is 10.6. The van der Waals surface area contributed by atoms with E-state index in [9.17, 15) is 4.79 Å². The van der Waals surface area contributed by atoms with Gasteiger partial charge in [0, 0.05) is 25.4 Å². The summed E-state index contributed by atoms with van der Waals surface area (Å²) in [5.41, 5.74) is 3.47. The van der Waals surface area contributed by atoms with Crippen LogP contribution in [0.3, 0.4) is 0 Å². The second kappa shape index (κ2) is 5.85. The number of rotatable bonds is 3. The summed E-state index contributed by atoms with van der Waals surface area (Å²) in [5, 5.41) is 1.06. The van der Waals surface area contributed by atoms with Gasteiger partial charge in [0.2, 0.25) is 0 Å². The molecule has 1 aromatic carbocycles. The highest BCUT2D eigenvalue weighted by molar-refractivity contribution is 7.18. The monoisotopic (exact) mass is 311 g/mol. The molecule has 0 aliphatic heterocycles. The Morgan fingerprint density at radius 1 is 1.27 bits per heavy atom. The molecular weight excluding hydrogens is 294 g/mol. The van der Waals surface area contributed by atoms with Crippen molar-refractivity contribution in [1.29, 1.82) is 0 Å². The number of carbonyl (C=O) groups excluding carboxylic acids is 1. The Kier molecular flexibility index (Phi) is 3.90. The van der Waals surface area contributed by atoms with E-state index in [2.05, 4.69) is 16.0 Å². The van der Waals surface area contributed by atoms with Crippen LogP contribution in [0.4, 0.5) is 0 Å². The van der Waals surface area contributed by atoms with Gasteiger partial charge in [-0.3, -0.25) is 9.78 Å². The van der Waals surface area contributed by atoms with E-state index in [1.54, 1.807) is 29.5 Å². The molecule has 0 spiro atoms. The van der Waals surface area contributed by atoms with Gasteiger partial charge in [-0.05, 0) is 38.1 Å². The summed E-state index contributed by atoms with van der Waals surface area (Å²) < 4.78 is 1.18. The van der Waals surface area contributed by atoms with Gasteiger partial charge >= 0.3 is 0 Å². The van der Waals surface area contributed by atoms with E-state index in [0.717, 1.165) is 21.8 Å². The van der Waals surface area contributed by atoms with Gasteiger partial charge in [0.1, 0.15) is 0 Å². The third-order valence-electron chi connectivity index (χ3n) is 3.62. The van der Waals surface area contributed by atoms with Crippen LogP contribution in [-0.4, -0.2) is 34.4 Å². The molecule has 0 aliphatic rings. The second-order valence-corrected chi connectivity index (χ2v) is 6.40. The van der Waals surface area contributed by atoms with Crippen molar-refractivity contribution in [3.8, 4) is 11.3 Å². The van der Waals surface area contributed by atoms with Crippen molar-refractivity contribution in [2.24, 2.45) is 0 Å². The zero-order valence-electron chi connectivity index (χ0n) is 12.8. The molecule has 0 radical (unpaired) electrons. The number of hydrogen-bond acceptors (Lipinski definition) is 4. The minimum absolute atomic E-state index is 0.00729. The van der Waals surface area contributed by atoms with Crippen LogP contribution in [0.15, 0.2) is 36.5 Å². The highest BCUT2D eigenvalue weighted by Crippen LogP contribution is 2.26. The zero-order chi connectivity index (χ0) is 15.7. The van der Waals surface area contributed by atoms with Crippen molar-refractivity contribution in [2.45, 2.75) is 13.8 Å². The highest BCUT2D eigenvalue weighted by atomic mass is 32.1. The Hall–Kier alpha value is -2.27. The molecule has 3 aromatic rings. The Morgan fingerprint density at radius 2 is 2.09 bits per heavy atom. The zero-order valence-corrected chi connectivity index (χ0v) is 13.6. The maximum absolute atomic E-state index is 12.1. The maximum atomic E-state index is 12.1. The molecule has 0 fully saturated rings. The van der Waals surface area contributed by atoms with Crippen molar-refractivity contribution < 1.29 is 4.79 Å². The summed E-state index contributed by atoms with van der Waals surface area (Å²) >= 11 is 1.69. The predicted molar refractivity (Wildman–Crippen MR) is 90.2 cm³/mol. The number of fused-ring (bicyclic) bond motifs is 1. The third kappa shape index (κ3) is 2.72. The van der Waals surface area contributed by atoms with E-state index in [-0.39, 0.29) is 5.91 Å². The Balaban J connectivity index is 1.92. The van der Waals surface area contributed by atoms with E-state index < -0.39 is 0 Å². The van der Waals surface area contributed by atoms with Gasteiger partial charge in [-0.15, -0.1) is 11.3 Å². The smallest absolute Gasteiger partial charge is 0.255 e. The summed E-state index contributed by atoms with van der Waals surface area (Å²) in [6.07, 6.45) is 1.64. The number of benzene rings is 1. The van der Waals surface area contributed by atoms with E-state index in [4.69, 9.17) is 0 Å². The fourth-order valence-corrected chi connectivity index (χ4v) is 3.06. The number of aryl methyl sites for hydroxylation is 1. The summed E-state index contributed by atoms with van der Waals surface area (Å²) in [6.45, 7) is 4.64. The van der Waals surface area contributed by atoms with E-state index in [1.807, 2.05) is 38.1 Å². The summed E-state index contributed by atoms with van der Waals surface area (Å²) in [4.78, 5) is 22.7. The predicted octanol–water partition coefficient (Wildman–Crippen LogP) is 3.76. The lowest BCUT2D eigenvalue weighted by Gasteiger charge is -2.14. The average molecular weight is 311 g/mol. The fourth-order valence-electron chi connectivity index (χ4n) is 2.26. The van der Waals surface area contributed by atoms with Crippen molar-refractivity contribution in [2.75, 3.05) is 13.6 Å². The van der Waals surface area contributed by atoms with Crippen LogP contribution in [-0.2, 0) is 0 Å². The van der Waals surface area contributed by atoms with Gasteiger partial charge in [-0.2, -0.15) is 0 Å². The number of aromatic nitrogens is 2. The van der Waals surface area contributed by atoms with Crippen LogP contribution < -0.4 is 0 Å². The molecule has 0 unspecified atom stereocenters. The molecule has 0 atom stereocenters. The van der Waals surface area contributed by atoms with Gasteiger partial charge < -0.3 is 4.90 Å². The van der Waals surface area contributed by atoms with Gasteiger partial charge in [0.15, 0.2) is 0 Å². The van der Waals surface area contributed by atoms with Crippen LogP contribution in [0.1, 0.15) is 22.3 Å². The Bertz CT molecular complexity index is 824. The Labute approximate surface area is 133 Å². The number of nitrogens with zero attached hydrogens (tertiary/aromatic N) is 3. The molecule has 2 aromatic heterocycles. The largest absolute Gasteiger partial charge is 0.342 e.